The van der Waals surface area contributed by atoms with Gasteiger partial charge in [0, 0.05) is 6.08 Å². The van der Waals surface area contributed by atoms with E-state index in [9.17, 15) is 4.79 Å². The summed E-state index contributed by atoms with van der Waals surface area (Å²) in [6.45, 7) is 5.07. The van der Waals surface area contributed by atoms with Crippen LogP contribution in [-0.2, 0) is 9.53 Å². The highest BCUT2D eigenvalue weighted by molar-refractivity contribution is 5.85. The molecule has 0 aliphatic rings. The molecule has 0 saturated heterocycles. The van der Waals surface area contributed by atoms with E-state index in [1.165, 1.54) is 0 Å². The molecule has 1 atom stereocenters. The molecule has 0 heterocycles. The number of nitrogens with zero attached hydrogens (tertiary/aromatic N) is 1. The smallest absolute Gasteiger partial charge is 0.331 e. The van der Waals surface area contributed by atoms with Gasteiger partial charge in [0.1, 0.15) is 0 Å². The lowest BCUT2D eigenvalue weighted by molar-refractivity contribution is -0.149. The van der Waals surface area contributed by atoms with Crippen LogP contribution in [0.25, 0.3) is 0 Å². The summed E-state index contributed by atoms with van der Waals surface area (Å²) in [7, 11) is 3.67. The Balaban J connectivity index is -0.000000405. The van der Waals surface area contributed by atoms with Crippen LogP contribution in [0.5, 0.6) is 0 Å². The fourth-order valence-electron chi connectivity index (χ4n) is 0.322. The molecular formula is C7H17ClN2O2. The molecule has 1 unspecified atom stereocenters. The number of carbonyl (C=O) groups is 1. The summed E-state index contributed by atoms with van der Waals surface area (Å²) in [5.74, 6) is -0.388. The zero-order valence-corrected chi connectivity index (χ0v) is 8.56. The first-order valence-corrected chi connectivity index (χ1v) is 3.07. The van der Waals surface area contributed by atoms with E-state index in [4.69, 9.17) is 4.74 Å². The third-order valence-electron chi connectivity index (χ3n) is 1.18. The largest absolute Gasteiger partial charge is 0.444 e. The van der Waals surface area contributed by atoms with Crippen LogP contribution in [-0.4, -0.2) is 31.2 Å². The summed E-state index contributed by atoms with van der Waals surface area (Å²) in [5.41, 5.74) is 0. The highest BCUT2D eigenvalue weighted by atomic mass is 35.5. The summed E-state index contributed by atoms with van der Waals surface area (Å²) in [4.78, 5) is 12.4. The summed E-state index contributed by atoms with van der Waals surface area (Å²) in [5, 5.41) is 0. The highest BCUT2D eigenvalue weighted by Gasteiger charge is 2.06. The number of halogens is 1. The van der Waals surface area contributed by atoms with Gasteiger partial charge in [-0.05, 0) is 21.0 Å². The molecule has 3 N–H and O–H groups in total. The summed E-state index contributed by atoms with van der Waals surface area (Å²) in [6.07, 6.45) is 0.963. The van der Waals surface area contributed by atoms with E-state index in [0.29, 0.717) is 0 Å². The van der Waals surface area contributed by atoms with Crippen LogP contribution in [0.4, 0.5) is 0 Å². The summed E-state index contributed by atoms with van der Waals surface area (Å²) < 4.78 is 4.83. The maximum Gasteiger partial charge on any atom is 0.331 e. The van der Waals surface area contributed by atoms with Gasteiger partial charge in [0.15, 0.2) is 6.23 Å². The van der Waals surface area contributed by atoms with E-state index in [0.717, 1.165) is 6.08 Å². The van der Waals surface area contributed by atoms with Crippen molar-refractivity contribution in [3.8, 4) is 0 Å². The van der Waals surface area contributed by atoms with E-state index < -0.39 is 0 Å². The van der Waals surface area contributed by atoms with Crippen molar-refractivity contribution in [2.24, 2.45) is 0 Å². The molecule has 0 fully saturated rings. The Bertz CT molecular complexity index is 139. The first kappa shape index (κ1) is 17.5. The van der Waals surface area contributed by atoms with Gasteiger partial charge >= 0.3 is 5.97 Å². The minimum atomic E-state index is -0.388. The first-order chi connectivity index (χ1) is 4.57. The molecule has 74 valence electrons. The normalized spacial score (nSPS) is 10.7. The maximum absolute atomic E-state index is 10.6. The second kappa shape index (κ2) is 8.52. The van der Waals surface area contributed by atoms with Crippen LogP contribution < -0.4 is 6.15 Å². The van der Waals surface area contributed by atoms with E-state index >= 15 is 0 Å². The van der Waals surface area contributed by atoms with Crippen molar-refractivity contribution < 1.29 is 9.53 Å². The van der Waals surface area contributed by atoms with Crippen molar-refractivity contribution in [3.05, 3.63) is 12.7 Å². The van der Waals surface area contributed by atoms with Crippen molar-refractivity contribution in [2.75, 3.05) is 14.1 Å². The molecule has 0 aromatic rings. The molecule has 5 heteroatoms. The number of esters is 1. The Morgan fingerprint density at radius 1 is 1.58 bits per heavy atom. The Morgan fingerprint density at radius 2 is 2.00 bits per heavy atom. The maximum atomic E-state index is 10.6. The number of rotatable bonds is 3. The molecule has 0 aliphatic heterocycles. The second-order valence-electron chi connectivity index (χ2n) is 2.20. The zero-order chi connectivity index (χ0) is 8.15. The lowest BCUT2D eigenvalue weighted by atomic mass is 10.6. The molecule has 0 rings (SSSR count). The Hall–Kier alpha value is -0.580. The molecule has 0 aliphatic carbocycles. The minimum Gasteiger partial charge on any atom is -0.444 e. The van der Waals surface area contributed by atoms with Crippen LogP contribution in [0.1, 0.15) is 6.92 Å². The summed E-state index contributed by atoms with van der Waals surface area (Å²) in [6, 6.07) is 0. The van der Waals surface area contributed by atoms with E-state index in [1.54, 1.807) is 11.8 Å². The number of hydrogen-bond acceptors (Lipinski definition) is 4. The zero-order valence-electron chi connectivity index (χ0n) is 7.74. The van der Waals surface area contributed by atoms with Crippen LogP contribution in [0.15, 0.2) is 12.7 Å². The van der Waals surface area contributed by atoms with Crippen LogP contribution in [0.2, 0.25) is 0 Å². The topological polar surface area (TPSA) is 64.5 Å². The minimum absolute atomic E-state index is 0. The molecule has 12 heavy (non-hydrogen) atoms. The monoisotopic (exact) mass is 196 g/mol. The average molecular weight is 197 g/mol. The van der Waals surface area contributed by atoms with Crippen molar-refractivity contribution >= 4 is 18.4 Å². The Kier molecular flexibility index (Phi) is 12.4. The molecule has 0 saturated carbocycles. The SMILES string of the molecule is C=CC(=O)OC(C)N(C)C.Cl.N. The van der Waals surface area contributed by atoms with Gasteiger partial charge in [0.05, 0.1) is 0 Å². The Morgan fingerprint density at radius 3 is 2.25 bits per heavy atom. The highest BCUT2D eigenvalue weighted by Crippen LogP contribution is 1.94. The van der Waals surface area contributed by atoms with Gasteiger partial charge in [0.2, 0.25) is 0 Å². The molecule has 0 amide bonds. The van der Waals surface area contributed by atoms with Gasteiger partial charge in [-0.2, -0.15) is 0 Å². The van der Waals surface area contributed by atoms with Gasteiger partial charge in [0.25, 0.3) is 0 Å². The van der Waals surface area contributed by atoms with Crippen LogP contribution >= 0.6 is 12.4 Å². The second-order valence-corrected chi connectivity index (χ2v) is 2.20. The van der Waals surface area contributed by atoms with Crippen LogP contribution in [0.3, 0.4) is 0 Å². The van der Waals surface area contributed by atoms with Crippen molar-refractivity contribution in [1.82, 2.24) is 11.1 Å². The van der Waals surface area contributed by atoms with E-state index in [-0.39, 0.29) is 30.8 Å². The molecule has 0 bridgehead atoms. The Labute approximate surface area is 79.6 Å². The van der Waals surface area contributed by atoms with Crippen molar-refractivity contribution in [2.45, 2.75) is 13.2 Å². The fourth-order valence-corrected chi connectivity index (χ4v) is 0.322. The quantitative estimate of drug-likeness (QED) is 0.419. The third-order valence-corrected chi connectivity index (χ3v) is 1.18. The van der Waals surface area contributed by atoms with Gasteiger partial charge < -0.3 is 10.9 Å². The predicted molar refractivity (Wildman–Crippen MR) is 51.7 cm³/mol. The van der Waals surface area contributed by atoms with Crippen molar-refractivity contribution in [1.29, 1.82) is 0 Å². The number of carbonyl (C=O) groups excluding carboxylic acids is 1. The predicted octanol–water partition coefficient (Wildman–Crippen LogP) is 1.21. The summed E-state index contributed by atoms with van der Waals surface area (Å²) >= 11 is 0. The molecular weight excluding hydrogens is 180 g/mol. The van der Waals surface area contributed by atoms with Gasteiger partial charge in [-0.25, -0.2) is 4.79 Å². The van der Waals surface area contributed by atoms with Gasteiger partial charge in [-0.3, -0.25) is 4.90 Å². The van der Waals surface area contributed by atoms with E-state index in [2.05, 4.69) is 6.58 Å². The van der Waals surface area contributed by atoms with Crippen LogP contribution in [0, 0.1) is 0 Å². The van der Waals surface area contributed by atoms with Gasteiger partial charge in [-0.15, -0.1) is 12.4 Å². The first-order valence-electron chi connectivity index (χ1n) is 3.07. The molecule has 0 aromatic heterocycles. The standard InChI is InChI=1S/C7H13NO2.ClH.H3N/c1-5-7(9)10-6(2)8(3)4;;/h5-6H,1H2,2-4H3;1H;1H3. The number of hydrogen-bond donors (Lipinski definition) is 1. The van der Waals surface area contributed by atoms with Gasteiger partial charge in [-0.1, -0.05) is 6.58 Å². The lowest BCUT2D eigenvalue weighted by Gasteiger charge is -2.18. The number of ether oxygens (including phenoxy) is 1. The lowest BCUT2D eigenvalue weighted by Crippen LogP contribution is -2.29. The fraction of sp³-hybridized carbons (Fsp3) is 0.571. The molecule has 0 aromatic carbocycles. The third kappa shape index (κ3) is 7.53. The molecule has 0 spiro atoms. The molecule has 4 nitrogen and oxygen atoms in total. The van der Waals surface area contributed by atoms with Crippen molar-refractivity contribution in [3.63, 3.8) is 0 Å². The average Bonchev–Trinajstić information content (AvgIpc) is 1.87. The van der Waals surface area contributed by atoms with E-state index in [1.807, 2.05) is 14.1 Å². The molecule has 0 radical (unpaired) electrons.